The van der Waals surface area contributed by atoms with E-state index in [4.69, 9.17) is 17.2 Å². The van der Waals surface area contributed by atoms with Gasteiger partial charge in [0.05, 0.1) is 5.69 Å². The third kappa shape index (κ3) is 2.61. The molecule has 2 aromatic heterocycles. The van der Waals surface area contributed by atoms with Gasteiger partial charge in [-0.3, -0.25) is 4.79 Å². The Hall–Kier alpha value is -2.48. The van der Waals surface area contributed by atoms with E-state index in [-0.39, 0.29) is 11.7 Å². The Balaban J connectivity index is 2.37. The molecule has 2 heterocycles. The number of carbonyl (C=O) groups is 1. The van der Waals surface area contributed by atoms with E-state index in [1.54, 1.807) is 17.5 Å². The summed E-state index contributed by atoms with van der Waals surface area (Å²) >= 11 is 1.27. The molecular weight excluding hydrogens is 252 g/mol. The lowest BCUT2D eigenvalue weighted by Crippen LogP contribution is -2.21. The minimum absolute atomic E-state index is 0.0604. The van der Waals surface area contributed by atoms with Gasteiger partial charge in [-0.2, -0.15) is 4.99 Å². The molecule has 2 aromatic rings. The monoisotopic (exact) mass is 262 g/mol. The van der Waals surface area contributed by atoms with E-state index in [1.165, 1.54) is 17.4 Å². The highest BCUT2D eigenvalue weighted by atomic mass is 32.1. The highest BCUT2D eigenvalue weighted by Gasteiger charge is 2.08. The van der Waals surface area contributed by atoms with Crippen LogP contribution in [0.4, 0.5) is 5.13 Å². The molecule has 0 aliphatic rings. The van der Waals surface area contributed by atoms with E-state index in [9.17, 15) is 4.79 Å². The molecule has 1 amide bonds. The van der Waals surface area contributed by atoms with E-state index >= 15 is 0 Å². The summed E-state index contributed by atoms with van der Waals surface area (Å²) in [6.45, 7) is 0. The number of nitrogens with two attached hydrogens (primary N) is 3. The summed E-state index contributed by atoms with van der Waals surface area (Å²) in [4.78, 5) is 23.1. The summed E-state index contributed by atoms with van der Waals surface area (Å²) in [5, 5.41) is 2.17. The van der Waals surface area contributed by atoms with Crippen molar-refractivity contribution in [3.05, 3.63) is 29.3 Å². The Morgan fingerprint density at radius 2 is 1.94 bits per heavy atom. The number of hydrogen-bond donors (Lipinski definition) is 3. The van der Waals surface area contributed by atoms with Gasteiger partial charge in [0.1, 0.15) is 11.4 Å². The summed E-state index contributed by atoms with van der Waals surface area (Å²) in [7, 11) is 0. The van der Waals surface area contributed by atoms with E-state index in [1.807, 2.05) is 0 Å². The largest absolute Gasteiger partial charge is 0.370 e. The molecule has 0 aliphatic carbocycles. The Labute approximate surface area is 106 Å². The molecule has 18 heavy (non-hydrogen) atoms. The average Bonchev–Trinajstić information content (AvgIpc) is 2.77. The minimum atomic E-state index is -0.587. The third-order valence-electron chi connectivity index (χ3n) is 1.98. The SMILES string of the molecule is NC(=O)c1cccc(-c2csc(N=C(N)N)n2)n1. The number of aromatic nitrogens is 2. The van der Waals surface area contributed by atoms with Crippen LogP contribution in [0.25, 0.3) is 11.4 Å². The van der Waals surface area contributed by atoms with Gasteiger partial charge in [-0.05, 0) is 12.1 Å². The van der Waals surface area contributed by atoms with Crippen molar-refractivity contribution >= 4 is 28.3 Å². The Bertz CT molecular complexity index is 616. The summed E-state index contributed by atoms with van der Waals surface area (Å²) < 4.78 is 0. The maximum atomic E-state index is 11.0. The Kier molecular flexibility index (Phi) is 3.20. The lowest BCUT2D eigenvalue weighted by Gasteiger charge is -1.98. The standard InChI is InChI=1S/C10H10N6OS/c11-8(17)6-3-1-2-5(14-6)7-4-18-10(15-7)16-9(12)13/h1-4H,(H2,11,17)(H4,12,13,15,16). The highest BCUT2D eigenvalue weighted by Crippen LogP contribution is 2.25. The Morgan fingerprint density at radius 3 is 2.61 bits per heavy atom. The normalized spacial score (nSPS) is 10.0. The number of guanidine groups is 1. The second-order valence-corrected chi connectivity index (χ2v) is 4.16. The smallest absolute Gasteiger partial charge is 0.267 e. The molecule has 0 radical (unpaired) electrons. The van der Waals surface area contributed by atoms with Gasteiger partial charge in [0.25, 0.3) is 5.91 Å². The van der Waals surface area contributed by atoms with E-state index < -0.39 is 5.91 Å². The first kappa shape index (κ1) is 12.0. The van der Waals surface area contributed by atoms with Crippen molar-refractivity contribution in [3.63, 3.8) is 0 Å². The second kappa shape index (κ2) is 4.80. The summed E-state index contributed by atoms with van der Waals surface area (Å²) in [6.07, 6.45) is 0. The fourth-order valence-electron chi connectivity index (χ4n) is 1.26. The van der Waals surface area contributed by atoms with E-state index in [2.05, 4.69) is 15.0 Å². The van der Waals surface area contributed by atoms with Crippen molar-refractivity contribution in [1.29, 1.82) is 0 Å². The van der Waals surface area contributed by atoms with Crippen LogP contribution in [0.15, 0.2) is 28.6 Å². The summed E-state index contributed by atoms with van der Waals surface area (Å²) in [5.41, 5.74) is 17.0. The molecule has 0 fully saturated rings. The van der Waals surface area contributed by atoms with Crippen molar-refractivity contribution in [1.82, 2.24) is 9.97 Å². The van der Waals surface area contributed by atoms with Crippen LogP contribution in [-0.2, 0) is 0 Å². The minimum Gasteiger partial charge on any atom is -0.370 e. The molecule has 0 saturated heterocycles. The molecule has 2 rings (SSSR count). The fourth-order valence-corrected chi connectivity index (χ4v) is 1.96. The van der Waals surface area contributed by atoms with Crippen molar-refractivity contribution in [2.45, 2.75) is 0 Å². The van der Waals surface area contributed by atoms with Crippen LogP contribution in [0.1, 0.15) is 10.5 Å². The zero-order chi connectivity index (χ0) is 13.1. The Morgan fingerprint density at radius 1 is 1.17 bits per heavy atom. The maximum Gasteiger partial charge on any atom is 0.267 e. The predicted octanol–water partition coefficient (Wildman–Crippen LogP) is 0.209. The van der Waals surface area contributed by atoms with Crippen molar-refractivity contribution in [3.8, 4) is 11.4 Å². The lowest BCUT2D eigenvalue weighted by molar-refractivity contribution is 0.0995. The van der Waals surface area contributed by atoms with Crippen LogP contribution in [0, 0.1) is 0 Å². The topological polar surface area (TPSA) is 133 Å². The number of aliphatic imine (C=N–C) groups is 1. The maximum absolute atomic E-state index is 11.0. The van der Waals surface area contributed by atoms with Gasteiger partial charge in [-0.15, -0.1) is 11.3 Å². The zero-order valence-electron chi connectivity index (χ0n) is 9.20. The molecule has 0 unspecified atom stereocenters. The van der Waals surface area contributed by atoms with E-state index in [0.29, 0.717) is 16.5 Å². The quantitative estimate of drug-likeness (QED) is 0.537. The molecule has 0 saturated carbocycles. The second-order valence-electron chi connectivity index (χ2n) is 3.32. The third-order valence-corrected chi connectivity index (χ3v) is 2.72. The van der Waals surface area contributed by atoms with Crippen LogP contribution in [-0.4, -0.2) is 21.8 Å². The number of nitrogens with zero attached hydrogens (tertiary/aromatic N) is 3. The fraction of sp³-hybridized carbons (Fsp3) is 0. The van der Waals surface area contributed by atoms with Gasteiger partial charge in [0, 0.05) is 5.38 Å². The molecule has 8 heteroatoms. The number of carbonyl (C=O) groups excluding carboxylic acids is 1. The lowest BCUT2D eigenvalue weighted by atomic mass is 10.2. The number of thiazole rings is 1. The first-order valence-electron chi connectivity index (χ1n) is 4.88. The molecule has 0 spiro atoms. The summed E-state index contributed by atoms with van der Waals surface area (Å²) in [5.74, 6) is -0.647. The van der Waals surface area contributed by atoms with Crippen molar-refractivity contribution in [2.75, 3.05) is 0 Å². The summed E-state index contributed by atoms with van der Waals surface area (Å²) in [6, 6.07) is 4.94. The van der Waals surface area contributed by atoms with Crippen LogP contribution in [0.5, 0.6) is 0 Å². The van der Waals surface area contributed by atoms with Gasteiger partial charge in [0.2, 0.25) is 5.13 Å². The van der Waals surface area contributed by atoms with Crippen LogP contribution in [0.3, 0.4) is 0 Å². The number of amides is 1. The predicted molar refractivity (Wildman–Crippen MR) is 69.3 cm³/mol. The highest BCUT2D eigenvalue weighted by molar-refractivity contribution is 7.13. The first-order valence-corrected chi connectivity index (χ1v) is 5.76. The molecule has 0 atom stereocenters. The molecule has 0 aliphatic heterocycles. The van der Waals surface area contributed by atoms with Crippen molar-refractivity contribution in [2.24, 2.45) is 22.2 Å². The van der Waals surface area contributed by atoms with Gasteiger partial charge in [0.15, 0.2) is 5.96 Å². The average molecular weight is 262 g/mol. The van der Waals surface area contributed by atoms with Crippen LogP contribution in [0.2, 0.25) is 0 Å². The van der Waals surface area contributed by atoms with Crippen LogP contribution < -0.4 is 17.2 Å². The van der Waals surface area contributed by atoms with Crippen LogP contribution >= 0.6 is 11.3 Å². The molecule has 0 bridgehead atoms. The number of primary amides is 1. The molecule has 7 nitrogen and oxygen atoms in total. The molecule has 92 valence electrons. The van der Waals surface area contributed by atoms with Gasteiger partial charge in [-0.1, -0.05) is 6.07 Å². The van der Waals surface area contributed by atoms with Gasteiger partial charge < -0.3 is 17.2 Å². The van der Waals surface area contributed by atoms with Crippen molar-refractivity contribution < 1.29 is 4.79 Å². The molecule has 0 aromatic carbocycles. The number of hydrogen-bond acceptors (Lipinski definition) is 5. The number of rotatable bonds is 3. The van der Waals surface area contributed by atoms with Gasteiger partial charge >= 0.3 is 0 Å². The van der Waals surface area contributed by atoms with E-state index in [0.717, 1.165) is 0 Å². The molecular formula is C10H10N6OS. The first-order chi connectivity index (χ1) is 8.56. The van der Waals surface area contributed by atoms with Gasteiger partial charge in [-0.25, -0.2) is 9.97 Å². The zero-order valence-corrected chi connectivity index (χ0v) is 10.0. The molecule has 6 N–H and O–H groups in total. The number of pyridine rings is 1.